The number of hydrogen-bond donors (Lipinski definition) is 3. The summed E-state index contributed by atoms with van der Waals surface area (Å²) in [5.41, 5.74) is 2.95. The molecule has 0 unspecified atom stereocenters. The zero-order chi connectivity index (χ0) is 28.9. The molecule has 0 aliphatic heterocycles. The second kappa shape index (κ2) is 12.3. The zero-order valence-corrected chi connectivity index (χ0v) is 23.2. The Morgan fingerprint density at radius 1 is 0.974 bits per heavy atom. The Balaban J connectivity index is 1.83. The van der Waals surface area contributed by atoms with E-state index in [1.54, 1.807) is 33.3 Å². The lowest BCUT2D eigenvalue weighted by Gasteiger charge is -2.20. The SMILES string of the molecule is COc1c(C)cc2c(c1OC)-c1ccc(C)c(=O)cc1[C@@H](NC(=O)CCCCCC(C)(C(=O)O)C(=O)O)CC2. The first kappa shape index (κ1) is 29.7. The first-order valence-corrected chi connectivity index (χ1v) is 13.1. The highest BCUT2D eigenvalue weighted by atomic mass is 16.5. The topological polar surface area (TPSA) is 139 Å². The molecule has 0 saturated carbocycles. The Kier molecular flexibility index (Phi) is 9.37. The number of aliphatic carboxylic acids is 2. The van der Waals surface area contributed by atoms with E-state index in [0.29, 0.717) is 54.7 Å². The third-order valence-corrected chi connectivity index (χ3v) is 7.60. The molecule has 9 heteroatoms. The zero-order valence-electron chi connectivity index (χ0n) is 23.2. The maximum Gasteiger partial charge on any atom is 0.320 e. The van der Waals surface area contributed by atoms with Gasteiger partial charge in [0, 0.05) is 12.0 Å². The normalized spacial score (nSPS) is 14.4. The lowest BCUT2D eigenvalue weighted by atomic mass is 9.85. The molecule has 3 rings (SSSR count). The van der Waals surface area contributed by atoms with E-state index in [9.17, 15) is 29.4 Å². The predicted molar refractivity (Wildman–Crippen MR) is 146 cm³/mol. The van der Waals surface area contributed by atoms with E-state index in [2.05, 4.69) is 11.4 Å². The highest BCUT2D eigenvalue weighted by Crippen LogP contribution is 2.47. The molecule has 0 aromatic heterocycles. The van der Waals surface area contributed by atoms with E-state index in [-0.39, 0.29) is 24.2 Å². The highest BCUT2D eigenvalue weighted by Gasteiger charge is 2.40. The van der Waals surface area contributed by atoms with Gasteiger partial charge in [0.25, 0.3) is 0 Å². The lowest BCUT2D eigenvalue weighted by Crippen LogP contribution is -2.36. The quantitative estimate of drug-likeness (QED) is 0.279. The number of methoxy groups -OCH3 is 2. The van der Waals surface area contributed by atoms with Crippen molar-refractivity contribution in [1.29, 1.82) is 0 Å². The van der Waals surface area contributed by atoms with Crippen LogP contribution in [0.25, 0.3) is 11.1 Å². The molecule has 39 heavy (non-hydrogen) atoms. The number of benzene rings is 1. The van der Waals surface area contributed by atoms with Crippen molar-refractivity contribution in [2.75, 3.05) is 14.2 Å². The van der Waals surface area contributed by atoms with Gasteiger partial charge in [-0.15, -0.1) is 0 Å². The minimum Gasteiger partial charge on any atom is -0.493 e. The van der Waals surface area contributed by atoms with Crippen molar-refractivity contribution in [3.8, 4) is 22.6 Å². The van der Waals surface area contributed by atoms with Crippen molar-refractivity contribution in [2.24, 2.45) is 5.41 Å². The van der Waals surface area contributed by atoms with Crippen LogP contribution >= 0.6 is 0 Å². The number of carboxylic acids is 2. The molecule has 1 aliphatic carbocycles. The number of ether oxygens (including phenoxy) is 2. The second-order valence-electron chi connectivity index (χ2n) is 10.3. The molecule has 2 aromatic rings. The van der Waals surface area contributed by atoms with Crippen LogP contribution in [-0.4, -0.2) is 42.3 Å². The molecular weight excluding hydrogens is 502 g/mol. The molecular formula is C30H37NO8. The van der Waals surface area contributed by atoms with Crippen molar-refractivity contribution in [3.63, 3.8) is 0 Å². The van der Waals surface area contributed by atoms with Crippen molar-refractivity contribution >= 4 is 17.8 Å². The molecule has 2 aromatic carbocycles. The van der Waals surface area contributed by atoms with Crippen LogP contribution in [0.3, 0.4) is 0 Å². The summed E-state index contributed by atoms with van der Waals surface area (Å²) in [5.74, 6) is -1.71. The Labute approximate surface area is 228 Å². The van der Waals surface area contributed by atoms with Gasteiger partial charge in [-0.3, -0.25) is 19.2 Å². The Morgan fingerprint density at radius 3 is 2.26 bits per heavy atom. The van der Waals surface area contributed by atoms with Crippen LogP contribution in [0.4, 0.5) is 0 Å². The van der Waals surface area contributed by atoms with Gasteiger partial charge < -0.3 is 25.0 Å². The summed E-state index contributed by atoms with van der Waals surface area (Å²) in [6, 6.07) is 6.93. The van der Waals surface area contributed by atoms with E-state index >= 15 is 0 Å². The van der Waals surface area contributed by atoms with Crippen LogP contribution in [-0.2, 0) is 20.8 Å². The number of amides is 1. The monoisotopic (exact) mass is 539 g/mol. The van der Waals surface area contributed by atoms with Gasteiger partial charge in [0.15, 0.2) is 22.3 Å². The van der Waals surface area contributed by atoms with Crippen LogP contribution in [0.5, 0.6) is 11.5 Å². The van der Waals surface area contributed by atoms with Gasteiger partial charge in [0.2, 0.25) is 5.91 Å². The van der Waals surface area contributed by atoms with Crippen molar-refractivity contribution < 1.29 is 34.1 Å². The van der Waals surface area contributed by atoms with Crippen LogP contribution < -0.4 is 20.2 Å². The van der Waals surface area contributed by atoms with E-state index in [4.69, 9.17) is 9.47 Å². The molecule has 210 valence electrons. The second-order valence-corrected chi connectivity index (χ2v) is 10.3. The van der Waals surface area contributed by atoms with Gasteiger partial charge in [0.1, 0.15) is 0 Å². The number of unbranched alkanes of at least 4 members (excludes halogenated alkanes) is 2. The molecule has 0 radical (unpaired) electrons. The van der Waals surface area contributed by atoms with Crippen molar-refractivity contribution in [3.05, 3.63) is 56.7 Å². The number of rotatable bonds is 11. The number of carbonyl (C=O) groups excluding carboxylic acids is 1. The van der Waals surface area contributed by atoms with E-state index < -0.39 is 23.4 Å². The van der Waals surface area contributed by atoms with Crippen molar-refractivity contribution in [1.82, 2.24) is 5.32 Å². The van der Waals surface area contributed by atoms with Gasteiger partial charge in [-0.1, -0.05) is 31.0 Å². The molecule has 0 bridgehead atoms. The predicted octanol–water partition coefficient (Wildman–Crippen LogP) is 4.58. The first-order chi connectivity index (χ1) is 18.4. The van der Waals surface area contributed by atoms with Crippen molar-refractivity contribution in [2.45, 2.75) is 71.8 Å². The molecule has 1 atom stereocenters. The minimum atomic E-state index is -1.84. The maximum absolute atomic E-state index is 13.0. The number of hydrogen-bond acceptors (Lipinski definition) is 6. The van der Waals surface area contributed by atoms with E-state index in [0.717, 1.165) is 22.3 Å². The van der Waals surface area contributed by atoms with Gasteiger partial charge in [-0.25, -0.2) is 0 Å². The summed E-state index contributed by atoms with van der Waals surface area (Å²) < 4.78 is 11.4. The standard InChI is InChI=1S/C30H37NO8/c1-17-10-12-20-21(16-23(17)32)22(13-11-19-15-18(2)26(38-4)27(39-5)25(19)20)31-24(33)9-7-6-8-14-30(3,28(34)35)29(36)37/h10,12,15-16,22H,6-9,11,13-14H2,1-5H3,(H,31,33)(H,34,35)(H,36,37)/t22-/m0/s1. The molecule has 3 N–H and O–H groups in total. The summed E-state index contributed by atoms with van der Waals surface area (Å²) in [4.78, 5) is 48.5. The number of fused-ring (bicyclic) bond motifs is 3. The molecule has 0 fully saturated rings. The minimum absolute atomic E-state index is 0.0135. The Morgan fingerprint density at radius 2 is 1.64 bits per heavy atom. The molecule has 0 heterocycles. The summed E-state index contributed by atoms with van der Waals surface area (Å²) >= 11 is 0. The molecule has 0 saturated heterocycles. The smallest absolute Gasteiger partial charge is 0.320 e. The molecule has 0 spiro atoms. The summed E-state index contributed by atoms with van der Waals surface area (Å²) in [7, 11) is 3.18. The fraction of sp³-hybridized carbons (Fsp3) is 0.467. The van der Waals surface area contributed by atoms with Crippen LogP contribution in [0.1, 0.15) is 73.7 Å². The van der Waals surface area contributed by atoms with E-state index in [1.165, 1.54) is 6.92 Å². The summed E-state index contributed by atoms with van der Waals surface area (Å²) in [6.45, 7) is 4.90. The molecule has 1 aliphatic rings. The third-order valence-electron chi connectivity index (χ3n) is 7.60. The largest absolute Gasteiger partial charge is 0.493 e. The first-order valence-electron chi connectivity index (χ1n) is 13.1. The lowest BCUT2D eigenvalue weighted by molar-refractivity contribution is -0.163. The number of aryl methyl sites for hydroxylation is 3. The highest BCUT2D eigenvalue weighted by molar-refractivity contribution is 5.97. The summed E-state index contributed by atoms with van der Waals surface area (Å²) in [6.07, 6.45) is 2.80. The number of carboxylic acid groups (broad SMARTS) is 2. The van der Waals surface area contributed by atoms with Crippen LogP contribution in [0.15, 0.2) is 29.1 Å². The Hall–Kier alpha value is -3.88. The van der Waals surface area contributed by atoms with E-state index in [1.807, 2.05) is 13.0 Å². The molecule has 9 nitrogen and oxygen atoms in total. The third kappa shape index (κ3) is 6.24. The fourth-order valence-corrected chi connectivity index (χ4v) is 5.13. The van der Waals surface area contributed by atoms with Gasteiger partial charge >= 0.3 is 11.9 Å². The maximum atomic E-state index is 13.0. The van der Waals surface area contributed by atoms with Gasteiger partial charge in [-0.05, 0) is 80.3 Å². The summed E-state index contributed by atoms with van der Waals surface area (Å²) in [5, 5.41) is 21.6. The molecule has 1 amide bonds. The number of nitrogens with one attached hydrogen (secondary N) is 1. The average molecular weight is 540 g/mol. The van der Waals surface area contributed by atoms with Crippen LogP contribution in [0.2, 0.25) is 0 Å². The fourth-order valence-electron chi connectivity index (χ4n) is 5.13. The Bertz CT molecular complexity index is 1320. The number of carbonyl (C=O) groups is 3. The van der Waals surface area contributed by atoms with Crippen LogP contribution in [0, 0.1) is 19.3 Å². The van der Waals surface area contributed by atoms with Gasteiger partial charge in [0.05, 0.1) is 20.3 Å². The van der Waals surface area contributed by atoms with Gasteiger partial charge in [-0.2, -0.15) is 0 Å². The average Bonchev–Trinajstić information content (AvgIpc) is 3.11.